The van der Waals surface area contributed by atoms with Gasteiger partial charge in [0.15, 0.2) is 0 Å². The third-order valence-electron chi connectivity index (χ3n) is 3.37. The van der Waals surface area contributed by atoms with Gasteiger partial charge in [-0.05, 0) is 16.7 Å². The minimum absolute atomic E-state index is 0.0889. The molecule has 2 aromatic carbocycles. The van der Waals surface area contributed by atoms with Crippen LogP contribution < -0.4 is 5.32 Å². The molecule has 2 rings (SSSR count). The maximum atomic E-state index is 11.8. The van der Waals surface area contributed by atoms with Gasteiger partial charge in [-0.2, -0.15) is 0 Å². The highest BCUT2D eigenvalue weighted by Crippen LogP contribution is 2.19. The lowest BCUT2D eigenvalue weighted by Gasteiger charge is -2.04. The monoisotopic (exact) mass is 281 g/mol. The van der Waals surface area contributed by atoms with Crippen molar-refractivity contribution in [3.63, 3.8) is 0 Å². The van der Waals surface area contributed by atoms with Crippen molar-refractivity contribution in [1.29, 1.82) is 0 Å². The molecule has 108 valence electrons. The van der Waals surface area contributed by atoms with Crippen molar-refractivity contribution in [2.75, 3.05) is 7.05 Å². The van der Waals surface area contributed by atoms with Crippen LogP contribution in [0.25, 0.3) is 11.1 Å². The van der Waals surface area contributed by atoms with Crippen molar-refractivity contribution in [3.8, 4) is 11.1 Å². The number of nitrogens with one attached hydrogen (secondary N) is 1. The van der Waals surface area contributed by atoms with Crippen molar-refractivity contribution in [3.05, 3.63) is 60.2 Å². The molecule has 0 fully saturated rings. The number of hydrogen-bond acceptors (Lipinski definition) is 2. The zero-order valence-electron chi connectivity index (χ0n) is 12.1. The predicted molar refractivity (Wildman–Crippen MR) is 83.9 cm³/mol. The summed E-state index contributed by atoms with van der Waals surface area (Å²) >= 11 is 0. The molecule has 2 aromatic rings. The van der Waals surface area contributed by atoms with E-state index in [1.165, 1.54) is 0 Å². The van der Waals surface area contributed by atoms with Gasteiger partial charge >= 0.3 is 0 Å². The third kappa shape index (κ3) is 4.56. The molecule has 21 heavy (non-hydrogen) atoms. The second-order valence-corrected chi connectivity index (χ2v) is 4.95. The van der Waals surface area contributed by atoms with E-state index in [-0.39, 0.29) is 18.1 Å². The van der Waals surface area contributed by atoms with E-state index in [2.05, 4.69) is 17.4 Å². The molecule has 0 spiro atoms. The fourth-order valence-electron chi connectivity index (χ4n) is 2.14. The standard InChI is InChI=1S/C18H19NO2/c1-19-18(21)12-11-17(20)13-14-7-9-16(10-8-14)15-5-3-2-4-6-15/h2-10H,11-13H2,1H3,(H,19,21). The summed E-state index contributed by atoms with van der Waals surface area (Å²) in [6.45, 7) is 0. The molecular formula is C18H19NO2. The number of benzene rings is 2. The van der Waals surface area contributed by atoms with E-state index in [0.717, 1.165) is 16.7 Å². The van der Waals surface area contributed by atoms with Crippen molar-refractivity contribution in [2.24, 2.45) is 0 Å². The van der Waals surface area contributed by atoms with E-state index in [1.54, 1.807) is 7.05 Å². The Hall–Kier alpha value is -2.42. The Balaban J connectivity index is 1.94. The molecule has 0 bridgehead atoms. The van der Waals surface area contributed by atoms with E-state index in [0.29, 0.717) is 12.8 Å². The van der Waals surface area contributed by atoms with Crippen LogP contribution in [0.4, 0.5) is 0 Å². The van der Waals surface area contributed by atoms with Crippen LogP contribution >= 0.6 is 0 Å². The van der Waals surface area contributed by atoms with Gasteiger partial charge < -0.3 is 5.32 Å². The Kier molecular flexibility index (Phi) is 5.27. The molecule has 0 aliphatic rings. The van der Waals surface area contributed by atoms with Gasteiger partial charge in [0.25, 0.3) is 0 Å². The fourth-order valence-corrected chi connectivity index (χ4v) is 2.14. The Bertz CT molecular complexity index is 603. The topological polar surface area (TPSA) is 46.2 Å². The van der Waals surface area contributed by atoms with Crippen LogP contribution in [0.15, 0.2) is 54.6 Å². The maximum Gasteiger partial charge on any atom is 0.220 e. The number of rotatable bonds is 6. The molecule has 0 saturated carbocycles. The minimum atomic E-state index is -0.0947. The Morgan fingerprint density at radius 2 is 1.48 bits per heavy atom. The summed E-state index contributed by atoms with van der Waals surface area (Å²) in [6, 6.07) is 18.1. The molecule has 1 amide bonds. The summed E-state index contributed by atoms with van der Waals surface area (Å²) in [5.74, 6) is -0.00571. The third-order valence-corrected chi connectivity index (χ3v) is 3.37. The van der Waals surface area contributed by atoms with Crippen LogP contribution in [0.5, 0.6) is 0 Å². The molecule has 0 atom stereocenters. The molecule has 0 radical (unpaired) electrons. The van der Waals surface area contributed by atoms with E-state index in [1.807, 2.05) is 42.5 Å². The lowest BCUT2D eigenvalue weighted by atomic mass is 10.0. The number of Topliss-reactive ketones (excluding diaryl/α,β-unsaturated/α-hetero) is 1. The minimum Gasteiger partial charge on any atom is -0.359 e. The summed E-state index contributed by atoms with van der Waals surface area (Å²) in [5, 5.41) is 2.52. The van der Waals surface area contributed by atoms with Crippen LogP contribution in [-0.4, -0.2) is 18.7 Å². The van der Waals surface area contributed by atoms with Crippen LogP contribution in [-0.2, 0) is 16.0 Å². The van der Waals surface area contributed by atoms with E-state index in [4.69, 9.17) is 0 Å². The average Bonchev–Trinajstić information content (AvgIpc) is 2.54. The van der Waals surface area contributed by atoms with Crippen LogP contribution in [0, 0.1) is 0 Å². The summed E-state index contributed by atoms with van der Waals surface area (Å²) in [7, 11) is 1.58. The van der Waals surface area contributed by atoms with Crippen molar-refractivity contribution in [2.45, 2.75) is 19.3 Å². The molecule has 3 heteroatoms. The van der Waals surface area contributed by atoms with Crippen molar-refractivity contribution < 1.29 is 9.59 Å². The quantitative estimate of drug-likeness (QED) is 0.884. The SMILES string of the molecule is CNC(=O)CCC(=O)Cc1ccc(-c2ccccc2)cc1. The van der Waals surface area contributed by atoms with Gasteiger partial charge in [0.05, 0.1) is 0 Å². The summed E-state index contributed by atoms with van der Waals surface area (Å²) in [6.07, 6.45) is 0.934. The summed E-state index contributed by atoms with van der Waals surface area (Å²) in [4.78, 5) is 22.9. The maximum absolute atomic E-state index is 11.8. The van der Waals surface area contributed by atoms with E-state index >= 15 is 0 Å². The lowest BCUT2D eigenvalue weighted by Crippen LogP contribution is -2.18. The smallest absolute Gasteiger partial charge is 0.220 e. The number of amides is 1. The van der Waals surface area contributed by atoms with Gasteiger partial charge in [0.2, 0.25) is 5.91 Å². The highest BCUT2D eigenvalue weighted by Gasteiger charge is 2.07. The molecule has 0 aromatic heterocycles. The zero-order valence-corrected chi connectivity index (χ0v) is 12.1. The van der Waals surface area contributed by atoms with Gasteiger partial charge in [-0.1, -0.05) is 54.6 Å². The largest absolute Gasteiger partial charge is 0.359 e. The average molecular weight is 281 g/mol. The highest BCUT2D eigenvalue weighted by molar-refractivity contribution is 5.86. The number of hydrogen-bond donors (Lipinski definition) is 1. The van der Waals surface area contributed by atoms with Gasteiger partial charge in [-0.3, -0.25) is 9.59 Å². The second-order valence-electron chi connectivity index (χ2n) is 4.95. The molecule has 0 saturated heterocycles. The normalized spacial score (nSPS) is 10.1. The summed E-state index contributed by atoms with van der Waals surface area (Å²) < 4.78 is 0. The first-order chi connectivity index (χ1) is 10.2. The highest BCUT2D eigenvalue weighted by atomic mass is 16.2. The van der Waals surface area contributed by atoms with Crippen LogP contribution in [0.1, 0.15) is 18.4 Å². The van der Waals surface area contributed by atoms with Gasteiger partial charge in [-0.25, -0.2) is 0 Å². The Morgan fingerprint density at radius 1 is 0.857 bits per heavy atom. The second kappa shape index (κ2) is 7.39. The summed E-state index contributed by atoms with van der Waals surface area (Å²) in [5.41, 5.74) is 3.28. The first-order valence-electron chi connectivity index (χ1n) is 7.05. The molecule has 0 aliphatic heterocycles. The van der Waals surface area contributed by atoms with Gasteiger partial charge in [0, 0.05) is 26.3 Å². The van der Waals surface area contributed by atoms with Crippen molar-refractivity contribution >= 4 is 11.7 Å². The first kappa shape index (κ1) is 15.0. The molecular weight excluding hydrogens is 262 g/mol. The van der Waals surface area contributed by atoms with Crippen LogP contribution in [0.2, 0.25) is 0 Å². The number of carbonyl (C=O) groups is 2. The number of carbonyl (C=O) groups excluding carboxylic acids is 2. The Morgan fingerprint density at radius 3 is 2.10 bits per heavy atom. The zero-order chi connectivity index (χ0) is 15.1. The van der Waals surface area contributed by atoms with Gasteiger partial charge in [-0.15, -0.1) is 0 Å². The predicted octanol–water partition coefficient (Wildman–Crippen LogP) is 2.99. The van der Waals surface area contributed by atoms with Crippen molar-refractivity contribution in [1.82, 2.24) is 5.32 Å². The number of ketones is 1. The first-order valence-corrected chi connectivity index (χ1v) is 7.05. The van der Waals surface area contributed by atoms with E-state index in [9.17, 15) is 9.59 Å². The van der Waals surface area contributed by atoms with Crippen LogP contribution in [0.3, 0.4) is 0 Å². The molecule has 0 unspecified atom stereocenters. The molecule has 1 N–H and O–H groups in total. The molecule has 3 nitrogen and oxygen atoms in total. The lowest BCUT2D eigenvalue weighted by molar-refractivity contribution is -0.124. The Labute approximate surface area is 125 Å². The van der Waals surface area contributed by atoms with Gasteiger partial charge in [0.1, 0.15) is 5.78 Å². The van der Waals surface area contributed by atoms with E-state index < -0.39 is 0 Å². The fraction of sp³-hybridized carbons (Fsp3) is 0.222. The molecule has 0 aliphatic carbocycles. The molecule has 0 heterocycles.